The molecule has 1 aromatic carbocycles. The Morgan fingerprint density at radius 2 is 2.00 bits per heavy atom. The molecule has 0 radical (unpaired) electrons. The predicted molar refractivity (Wildman–Crippen MR) is 73.8 cm³/mol. The molecule has 0 unspecified atom stereocenters. The molecule has 0 spiro atoms. The van der Waals surface area contributed by atoms with E-state index >= 15 is 0 Å². The van der Waals surface area contributed by atoms with Gasteiger partial charge in [0, 0.05) is 18.6 Å². The molecule has 0 atom stereocenters. The maximum absolute atomic E-state index is 11.6. The Bertz CT molecular complexity index is 634. The molecule has 1 aromatic rings. The molecule has 8 heteroatoms. The van der Waals surface area contributed by atoms with E-state index in [1.807, 2.05) is 0 Å². The van der Waals surface area contributed by atoms with Crippen LogP contribution in [0, 0.1) is 0 Å². The number of carboxylic acids is 1. The van der Waals surface area contributed by atoms with Gasteiger partial charge in [-0.05, 0) is 17.7 Å². The zero-order chi connectivity index (χ0) is 16.5. The van der Waals surface area contributed by atoms with Gasteiger partial charge in [-0.3, -0.25) is 0 Å². The second-order valence-electron chi connectivity index (χ2n) is 3.96. The lowest BCUT2D eigenvalue weighted by Crippen LogP contribution is -2.22. The standard InChI is InChI=1S/C14H13NO7/c1-21-10-4-2-3-9(7-10)8-11(15-20)14(19)22-13(18)6-5-12(16)17/h2-7,20H,8H2,1H3,(H,16,17)/b6-5-,15-11?. The number of oxime groups is 1. The highest BCUT2D eigenvalue weighted by molar-refractivity contribution is 6.38. The molecule has 1 rings (SSSR count). The third kappa shape index (κ3) is 5.45. The molecule has 8 nitrogen and oxygen atoms in total. The van der Waals surface area contributed by atoms with Crippen LogP contribution in [0.5, 0.6) is 5.75 Å². The Kier molecular flexibility index (Phi) is 6.30. The van der Waals surface area contributed by atoms with Gasteiger partial charge in [-0.25, -0.2) is 14.4 Å². The minimum Gasteiger partial charge on any atom is -0.497 e. The van der Waals surface area contributed by atoms with Crippen molar-refractivity contribution in [2.45, 2.75) is 6.42 Å². The SMILES string of the molecule is COc1cccc(CC(=NO)C(=O)OC(=O)/C=C\C(=O)O)c1. The molecular weight excluding hydrogens is 294 g/mol. The molecule has 0 aromatic heterocycles. The van der Waals surface area contributed by atoms with Gasteiger partial charge < -0.3 is 19.8 Å². The number of hydrogen-bond acceptors (Lipinski definition) is 7. The second-order valence-corrected chi connectivity index (χ2v) is 3.96. The second kappa shape index (κ2) is 8.20. The number of esters is 2. The van der Waals surface area contributed by atoms with E-state index in [2.05, 4.69) is 9.89 Å². The average Bonchev–Trinajstić information content (AvgIpc) is 2.50. The van der Waals surface area contributed by atoms with Crippen molar-refractivity contribution >= 4 is 23.6 Å². The maximum Gasteiger partial charge on any atom is 0.364 e. The predicted octanol–water partition coefficient (Wildman–Crippen LogP) is 0.778. The molecule has 0 fully saturated rings. The quantitative estimate of drug-likeness (QED) is 0.199. The van der Waals surface area contributed by atoms with Crippen LogP contribution in [0.4, 0.5) is 0 Å². The van der Waals surface area contributed by atoms with E-state index in [4.69, 9.17) is 15.1 Å². The molecule has 116 valence electrons. The number of carbonyl (C=O) groups is 3. The molecular formula is C14H13NO7. The molecule has 2 N–H and O–H groups in total. The number of carbonyl (C=O) groups excluding carboxylic acids is 2. The van der Waals surface area contributed by atoms with Crippen LogP contribution in [0.3, 0.4) is 0 Å². The molecule has 0 heterocycles. The van der Waals surface area contributed by atoms with Crippen LogP contribution in [0.15, 0.2) is 41.6 Å². The largest absolute Gasteiger partial charge is 0.497 e. The maximum atomic E-state index is 11.6. The van der Waals surface area contributed by atoms with E-state index in [-0.39, 0.29) is 6.42 Å². The highest BCUT2D eigenvalue weighted by Gasteiger charge is 2.18. The van der Waals surface area contributed by atoms with E-state index in [0.717, 1.165) is 0 Å². The summed E-state index contributed by atoms with van der Waals surface area (Å²) >= 11 is 0. The van der Waals surface area contributed by atoms with Crippen molar-refractivity contribution in [2.24, 2.45) is 5.16 Å². The average molecular weight is 307 g/mol. The highest BCUT2D eigenvalue weighted by Crippen LogP contribution is 2.13. The fourth-order valence-electron chi connectivity index (χ4n) is 1.45. The number of hydrogen-bond donors (Lipinski definition) is 2. The van der Waals surface area contributed by atoms with Gasteiger partial charge in [-0.15, -0.1) is 0 Å². The number of rotatable bonds is 6. The van der Waals surface area contributed by atoms with Gasteiger partial charge in [-0.1, -0.05) is 17.3 Å². The Labute approximate surface area is 125 Å². The summed E-state index contributed by atoms with van der Waals surface area (Å²) in [6, 6.07) is 6.64. The monoisotopic (exact) mass is 307 g/mol. The summed E-state index contributed by atoms with van der Waals surface area (Å²) < 4.78 is 9.34. The highest BCUT2D eigenvalue weighted by atomic mass is 16.6. The summed E-state index contributed by atoms with van der Waals surface area (Å²) in [5, 5.41) is 20.0. The lowest BCUT2D eigenvalue weighted by atomic mass is 10.1. The van der Waals surface area contributed by atoms with Crippen molar-refractivity contribution in [2.75, 3.05) is 7.11 Å². The number of methoxy groups -OCH3 is 1. The third-order valence-corrected chi connectivity index (χ3v) is 2.42. The summed E-state index contributed by atoms with van der Waals surface area (Å²) in [5.41, 5.74) is 0.183. The zero-order valence-electron chi connectivity index (χ0n) is 11.6. The smallest absolute Gasteiger partial charge is 0.364 e. The Morgan fingerprint density at radius 3 is 2.59 bits per heavy atom. The molecule has 0 aliphatic carbocycles. The Morgan fingerprint density at radius 1 is 1.27 bits per heavy atom. The van der Waals surface area contributed by atoms with Crippen LogP contribution >= 0.6 is 0 Å². The fourth-order valence-corrected chi connectivity index (χ4v) is 1.45. The van der Waals surface area contributed by atoms with Crippen LogP contribution in [0.2, 0.25) is 0 Å². The number of nitrogens with zero attached hydrogens (tertiary/aromatic N) is 1. The van der Waals surface area contributed by atoms with Crippen LogP contribution in [0.25, 0.3) is 0 Å². The van der Waals surface area contributed by atoms with Gasteiger partial charge >= 0.3 is 17.9 Å². The van der Waals surface area contributed by atoms with Gasteiger partial charge in [0.15, 0.2) is 5.71 Å². The minimum absolute atomic E-state index is 0.0948. The summed E-state index contributed by atoms with van der Waals surface area (Å²) in [4.78, 5) is 33.0. The lowest BCUT2D eigenvalue weighted by molar-refractivity contribution is -0.151. The fraction of sp³-hybridized carbons (Fsp3) is 0.143. The minimum atomic E-state index is -1.36. The van der Waals surface area contributed by atoms with Gasteiger partial charge in [0.2, 0.25) is 0 Å². The number of ether oxygens (including phenoxy) is 2. The first-order chi connectivity index (χ1) is 10.5. The van der Waals surface area contributed by atoms with E-state index in [0.29, 0.717) is 23.5 Å². The molecule has 0 saturated carbocycles. The van der Waals surface area contributed by atoms with E-state index < -0.39 is 23.6 Å². The summed E-state index contributed by atoms with van der Waals surface area (Å²) in [5.74, 6) is -3.18. The van der Waals surface area contributed by atoms with Crippen LogP contribution < -0.4 is 4.74 Å². The first-order valence-electron chi connectivity index (χ1n) is 5.97. The third-order valence-electron chi connectivity index (χ3n) is 2.42. The van der Waals surface area contributed by atoms with E-state index in [1.54, 1.807) is 24.3 Å². The van der Waals surface area contributed by atoms with Crippen LogP contribution in [-0.2, 0) is 25.5 Å². The van der Waals surface area contributed by atoms with Gasteiger partial charge in [0.1, 0.15) is 5.75 Å². The van der Waals surface area contributed by atoms with Crippen molar-refractivity contribution in [1.29, 1.82) is 0 Å². The van der Waals surface area contributed by atoms with Gasteiger partial charge in [0.25, 0.3) is 0 Å². The Balaban J connectivity index is 2.73. The normalized spacial score (nSPS) is 11.2. The molecule has 0 aliphatic rings. The van der Waals surface area contributed by atoms with Crippen LogP contribution in [-0.4, -0.2) is 41.0 Å². The van der Waals surface area contributed by atoms with E-state index in [1.165, 1.54) is 7.11 Å². The summed E-state index contributed by atoms with van der Waals surface area (Å²) in [6.07, 6.45) is 0.997. The topological polar surface area (TPSA) is 122 Å². The van der Waals surface area contributed by atoms with Gasteiger partial charge in [0.05, 0.1) is 7.11 Å². The summed E-state index contributed by atoms with van der Waals surface area (Å²) in [6.45, 7) is 0. The zero-order valence-corrected chi connectivity index (χ0v) is 11.6. The first-order valence-corrected chi connectivity index (χ1v) is 5.97. The van der Waals surface area contributed by atoms with Crippen molar-refractivity contribution in [3.8, 4) is 5.75 Å². The van der Waals surface area contributed by atoms with Gasteiger partial charge in [-0.2, -0.15) is 0 Å². The molecule has 0 bridgehead atoms. The molecule has 0 saturated heterocycles. The molecule has 0 aliphatic heterocycles. The lowest BCUT2D eigenvalue weighted by Gasteiger charge is -2.05. The summed E-state index contributed by atoms with van der Waals surface area (Å²) in [7, 11) is 1.47. The van der Waals surface area contributed by atoms with Crippen molar-refractivity contribution in [3.05, 3.63) is 42.0 Å². The van der Waals surface area contributed by atoms with Crippen LogP contribution in [0.1, 0.15) is 5.56 Å². The molecule has 22 heavy (non-hydrogen) atoms. The Hall–Kier alpha value is -3.16. The number of benzene rings is 1. The van der Waals surface area contributed by atoms with E-state index in [9.17, 15) is 14.4 Å². The number of aliphatic carboxylic acids is 1. The van der Waals surface area contributed by atoms with Crippen molar-refractivity contribution in [1.82, 2.24) is 0 Å². The molecule has 0 amide bonds. The van der Waals surface area contributed by atoms with Crippen molar-refractivity contribution in [3.63, 3.8) is 0 Å². The number of carboxylic acid groups (broad SMARTS) is 1. The van der Waals surface area contributed by atoms with Crippen molar-refractivity contribution < 1.29 is 34.2 Å². The first kappa shape index (κ1) is 16.9.